The molecule has 0 saturated carbocycles. The summed E-state index contributed by atoms with van der Waals surface area (Å²) in [6.07, 6.45) is 0. The molecule has 3 heteroatoms. The Morgan fingerprint density at radius 3 is 2.45 bits per heavy atom. The first kappa shape index (κ1) is 13.1. The van der Waals surface area contributed by atoms with E-state index >= 15 is 0 Å². The third kappa shape index (κ3) is 2.08. The fourth-order valence-corrected chi connectivity index (χ4v) is 2.63. The number of carbonyl (C=O) groups excluding carboxylic acids is 1. The number of amides is 1. The molecular weight excluding hydrogens is 250 g/mol. The lowest BCUT2D eigenvalue weighted by molar-refractivity contribution is -0.110. The van der Waals surface area contributed by atoms with Gasteiger partial charge in [-0.05, 0) is 28.8 Å². The monoisotopic (exact) mass is 269 g/mol. The van der Waals surface area contributed by atoms with Crippen LogP contribution in [0.2, 0.25) is 0 Å². The van der Waals surface area contributed by atoms with Crippen molar-refractivity contribution < 1.29 is 9.90 Å². The number of likely N-dealkylation sites (tertiary alicyclic amines) is 1. The molecule has 3 rings (SSSR count). The summed E-state index contributed by atoms with van der Waals surface area (Å²) < 4.78 is 0. The predicted octanol–water partition coefficient (Wildman–Crippen LogP) is 2.68. The fourth-order valence-electron chi connectivity index (χ4n) is 2.63. The summed E-state index contributed by atoms with van der Waals surface area (Å²) in [4.78, 5) is 14.1. The summed E-state index contributed by atoms with van der Waals surface area (Å²) in [5, 5.41) is 12.4. The van der Waals surface area contributed by atoms with Gasteiger partial charge in [-0.1, -0.05) is 44.2 Å². The summed E-state index contributed by atoms with van der Waals surface area (Å²) in [5.41, 5.74) is -0.0264. The molecule has 1 heterocycles. The number of rotatable bonds is 2. The van der Waals surface area contributed by atoms with Gasteiger partial charge in [-0.2, -0.15) is 0 Å². The van der Waals surface area contributed by atoms with Crippen LogP contribution < -0.4 is 0 Å². The summed E-state index contributed by atoms with van der Waals surface area (Å²) in [7, 11) is 0. The van der Waals surface area contributed by atoms with Crippen molar-refractivity contribution in [3.63, 3.8) is 0 Å². The molecule has 0 spiro atoms. The maximum Gasteiger partial charge on any atom is 0.254 e. The second-order valence-electron chi connectivity index (χ2n) is 5.98. The van der Waals surface area contributed by atoms with Crippen LogP contribution in [0.1, 0.15) is 24.2 Å². The van der Waals surface area contributed by atoms with E-state index in [1.165, 1.54) is 0 Å². The van der Waals surface area contributed by atoms with Crippen molar-refractivity contribution in [1.82, 2.24) is 4.90 Å². The molecule has 1 aliphatic rings. The number of aliphatic hydroxyl groups is 1. The van der Waals surface area contributed by atoms with E-state index in [0.29, 0.717) is 18.7 Å². The number of hydrogen-bond acceptors (Lipinski definition) is 2. The highest BCUT2D eigenvalue weighted by Crippen LogP contribution is 2.30. The molecule has 1 N–H and O–H groups in total. The number of nitrogens with zero attached hydrogens (tertiary/aromatic N) is 1. The van der Waals surface area contributed by atoms with E-state index in [1.807, 2.05) is 56.3 Å². The van der Waals surface area contributed by atoms with Crippen LogP contribution in [0.3, 0.4) is 0 Å². The van der Waals surface area contributed by atoms with E-state index in [9.17, 15) is 9.90 Å². The standard InChI is InChI=1S/C17H19NO2/c1-12(2)17(20)10-18(11-17)16(19)15-8-7-13-5-3-4-6-14(13)9-15/h3-9,12,20H,10-11H2,1-2H3. The van der Waals surface area contributed by atoms with Crippen LogP contribution in [0.15, 0.2) is 42.5 Å². The summed E-state index contributed by atoms with van der Waals surface area (Å²) in [5.74, 6) is 0.171. The van der Waals surface area contributed by atoms with Gasteiger partial charge >= 0.3 is 0 Å². The van der Waals surface area contributed by atoms with Crippen molar-refractivity contribution in [3.8, 4) is 0 Å². The first-order valence-corrected chi connectivity index (χ1v) is 7.00. The quantitative estimate of drug-likeness (QED) is 0.910. The van der Waals surface area contributed by atoms with Crippen molar-refractivity contribution in [1.29, 1.82) is 0 Å². The second kappa shape index (κ2) is 4.60. The van der Waals surface area contributed by atoms with Gasteiger partial charge < -0.3 is 10.0 Å². The van der Waals surface area contributed by atoms with Crippen LogP contribution in [0.25, 0.3) is 10.8 Å². The molecule has 0 radical (unpaired) electrons. The Kier molecular flexibility index (Phi) is 3.02. The third-order valence-electron chi connectivity index (χ3n) is 4.29. The number of fused-ring (bicyclic) bond motifs is 1. The molecule has 1 aliphatic heterocycles. The second-order valence-corrected chi connectivity index (χ2v) is 5.98. The Labute approximate surface area is 118 Å². The van der Waals surface area contributed by atoms with E-state index < -0.39 is 5.60 Å². The Hall–Kier alpha value is -1.87. The van der Waals surface area contributed by atoms with Gasteiger partial charge in [0.1, 0.15) is 5.60 Å². The number of β-amino-alcohol motifs (C(OH)–C–C–N with tert-alkyl or cyclic N) is 1. The van der Waals surface area contributed by atoms with Gasteiger partial charge in [0.15, 0.2) is 0 Å². The van der Waals surface area contributed by atoms with E-state index in [4.69, 9.17) is 0 Å². The maximum atomic E-state index is 12.4. The van der Waals surface area contributed by atoms with Crippen molar-refractivity contribution in [2.45, 2.75) is 19.4 Å². The number of hydrogen-bond donors (Lipinski definition) is 1. The third-order valence-corrected chi connectivity index (χ3v) is 4.29. The van der Waals surface area contributed by atoms with Crippen LogP contribution in [0.5, 0.6) is 0 Å². The van der Waals surface area contributed by atoms with Crippen molar-refractivity contribution in [2.24, 2.45) is 5.92 Å². The first-order valence-electron chi connectivity index (χ1n) is 7.00. The molecule has 2 aromatic rings. The zero-order chi connectivity index (χ0) is 14.3. The number of carbonyl (C=O) groups is 1. The minimum absolute atomic E-state index is 0.000998. The molecule has 104 valence electrons. The van der Waals surface area contributed by atoms with Crippen LogP contribution >= 0.6 is 0 Å². The molecule has 0 unspecified atom stereocenters. The highest BCUT2D eigenvalue weighted by atomic mass is 16.3. The Balaban J connectivity index is 1.80. The lowest BCUT2D eigenvalue weighted by atomic mass is 9.82. The average Bonchev–Trinajstić information content (AvgIpc) is 2.42. The van der Waals surface area contributed by atoms with Crippen LogP contribution in [-0.2, 0) is 0 Å². The maximum absolute atomic E-state index is 12.4. The van der Waals surface area contributed by atoms with Gasteiger partial charge in [0, 0.05) is 5.56 Å². The zero-order valence-electron chi connectivity index (χ0n) is 11.8. The molecule has 20 heavy (non-hydrogen) atoms. The van der Waals surface area contributed by atoms with Gasteiger partial charge in [-0.15, -0.1) is 0 Å². The van der Waals surface area contributed by atoms with Crippen molar-refractivity contribution >= 4 is 16.7 Å². The first-order chi connectivity index (χ1) is 9.49. The van der Waals surface area contributed by atoms with E-state index in [-0.39, 0.29) is 11.8 Å². The van der Waals surface area contributed by atoms with Crippen molar-refractivity contribution in [2.75, 3.05) is 13.1 Å². The van der Waals surface area contributed by atoms with Crippen molar-refractivity contribution in [3.05, 3.63) is 48.0 Å². The molecule has 3 nitrogen and oxygen atoms in total. The molecule has 0 aromatic heterocycles. The van der Waals surface area contributed by atoms with Crippen LogP contribution in [0, 0.1) is 5.92 Å². The largest absolute Gasteiger partial charge is 0.386 e. The topological polar surface area (TPSA) is 40.5 Å². The van der Waals surface area contributed by atoms with Crippen LogP contribution in [-0.4, -0.2) is 34.6 Å². The molecule has 1 saturated heterocycles. The zero-order valence-corrected chi connectivity index (χ0v) is 11.8. The summed E-state index contributed by atoms with van der Waals surface area (Å²) in [6, 6.07) is 13.7. The van der Waals surface area contributed by atoms with Gasteiger partial charge in [0.2, 0.25) is 0 Å². The Bertz CT molecular complexity index is 657. The molecule has 2 aromatic carbocycles. The van der Waals surface area contributed by atoms with Crippen LogP contribution in [0.4, 0.5) is 0 Å². The highest BCUT2D eigenvalue weighted by molar-refractivity contribution is 5.99. The summed E-state index contributed by atoms with van der Waals surface area (Å²) >= 11 is 0. The molecule has 0 bridgehead atoms. The normalized spacial score (nSPS) is 17.3. The average molecular weight is 269 g/mol. The highest BCUT2D eigenvalue weighted by Gasteiger charge is 2.45. The summed E-state index contributed by atoms with van der Waals surface area (Å²) in [6.45, 7) is 4.82. The Morgan fingerprint density at radius 1 is 1.15 bits per heavy atom. The van der Waals surface area contributed by atoms with E-state index in [1.54, 1.807) is 4.90 Å². The lowest BCUT2D eigenvalue weighted by Crippen LogP contribution is -2.65. The SMILES string of the molecule is CC(C)C1(O)CN(C(=O)c2ccc3ccccc3c2)C1. The van der Waals surface area contributed by atoms with E-state index in [2.05, 4.69) is 0 Å². The minimum atomic E-state index is -0.716. The van der Waals surface area contributed by atoms with E-state index in [0.717, 1.165) is 10.8 Å². The molecule has 1 fully saturated rings. The predicted molar refractivity (Wildman–Crippen MR) is 79.6 cm³/mol. The molecule has 0 aliphatic carbocycles. The minimum Gasteiger partial charge on any atom is -0.386 e. The van der Waals surface area contributed by atoms with Gasteiger partial charge in [-0.3, -0.25) is 4.79 Å². The van der Waals surface area contributed by atoms with Gasteiger partial charge in [-0.25, -0.2) is 0 Å². The lowest BCUT2D eigenvalue weighted by Gasteiger charge is -2.49. The number of benzene rings is 2. The Morgan fingerprint density at radius 2 is 1.80 bits per heavy atom. The fraction of sp³-hybridized carbons (Fsp3) is 0.353. The van der Waals surface area contributed by atoms with Gasteiger partial charge in [0.25, 0.3) is 5.91 Å². The molecule has 0 atom stereocenters. The van der Waals surface area contributed by atoms with Gasteiger partial charge in [0.05, 0.1) is 13.1 Å². The molecular formula is C17H19NO2. The smallest absolute Gasteiger partial charge is 0.254 e. The molecule has 1 amide bonds.